The largest absolute Gasteiger partial charge is 0.469 e. The lowest BCUT2D eigenvalue weighted by Crippen LogP contribution is -1.79. The molecule has 1 heterocycles. The van der Waals surface area contributed by atoms with Crippen LogP contribution in [-0.2, 0) is 12.8 Å². The molecule has 1 rings (SSSR count). The molecule has 0 unspecified atom stereocenters. The van der Waals surface area contributed by atoms with Crippen molar-refractivity contribution in [1.82, 2.24) is 0 Å². The van der Waals surface area contributed by atoms with E-state index in [4.69, 9.17) is 4.42 Å². The third-order valence-electron chi connectivity index (χ3n) is 1.89. The quantitative estimate of drug-likeness (QED) is 0.645. The van der Waals surface area contributed by atoms with Gasteiger partial charge in [-0.2, -0.15) is 0 Å². The topological polar surface area (TPSA) is 13.1 Å². The number of hydrogen-bond donors (Lipinski definition) is 0. The first-order chi connectivity index (χ1) is 5.36. The van der Waals surface area contributed by atoms with Crippen molar-refractivity contribution in [3.63, 3.8) is 0 Å². The van der Waals surface area contributed by atoms with Crippen LogP contribution in [0.5, 0.6) is 0 Å². The van der Waals surface area contributed by atoms with Gasteiger partial charge in [-0.15, -0.1) is 0 Å². The molecule has 11 heavy (non-hydrogen) atoms. The van der Waals surface area contributed by atoms with Gasteiger partial charge in [0.15, 0.2) is 0 Å². The van der Waals surface area contributed by atoms with Gasteiger partial charge in [0.1, 0.15) is 5.76 Å². The SMILES string of the molecule is CCCCc1cc(CC)co1. The fraction of sp³-hybridized carbons (Fsp3) is 0.600. The Kier molecular flexibility index (Phi) is 3.21. The fourth-order valence-electron chi connectivity index (χ4n) is 1.09. The zero-order valence-electron chi connectivity index (χ0n) is 7.39. The highest BCUT2D eigenvalue weighted by Gasteiger charge is 1.98. The Hall–Kier alpha value is -0.720. The number of rotatable bonds is 4. The van der Waals surface area contributed by atoms with Crippen LogP contribution < -0.4 is 0 Å². The van der Waals surface area contributed by atoms with Crippen molar-refractivity contribution < 1.29 is 4.42 Å². The molecule has 0 spiro atoms. The molecule has 0 saturated heterocycles. The summed E-state index contributed by atoms with van der Waals surface area (Å²) in [6.07, 6.45) is 6.51. The van der Waals surface area contributed by atoms with Crippen LogP contribution in [0.3, 0.4) is 0 Å². The van der Waals surface area contributed by atoms with Gasteiger partial charge in [-0.3, -0.25) is 0 Å². The van der Waals surface area contributed by atoms with Gasteiger partial charge < -0.3 is 4.42 Å². The summed E-state index contributed by atoms with van der Waals surface area (Å²) in [6, 6.07) is 2.16. The minimum Gasteiger partial charge on any atom is -0.469 e. The third-order valence-corrected chi connectivity index (χ3v) is 1.89. The summed E-state index contributed by atoms with van der Waals surface area (Å²) in [5.74, 6) is 1.14. The molecule has 0 aromatic carbocycles. The highest BCUT2D eigenvalue weighted by Crippen LogP contribution is 2.10. The second kappa shape index (κ2) is 4.22. The van der Waals surface area contributed by atoms with E-state index >= 15 is 0 Å². The maximum absolute atomic E-state index is 5.36. The molecule has 0 bridgehead atoms. The molecule has 1 heteroatoms. The molecule has 0 fully saturated rings. The number of aryl methyl sites for hydroxylation is 2. The standard InChI is InChI=1S/C10H16O/c1-3-5-6-10-7-9(4-2)8-11-10/h7-8H,3-6H2,1-2H3. The van der Waals surface area contributed by atoms with Gasteiger partial charge in [-0.05, 0) is 24.5 Å². The molecular formula is C10H16O. The van der Waals surface area contributed by atoms with Crippen LogP contribution in [0.4, 0.5) is 0 Å². The average Bonchev–Trinajstić information content (AvgIpc) is 2.48. The normalized spacial score (nSPS) is 10.4. The Labute approximate surface area is 68.4 Å². The van der Waals surface area contributed by atoms with Crippen LogP contribution in [0.25, 0.3) is 0 Å². The number of hydrogen-bond acceptors (Lipinski definition) is 1. The van der Waals surface area contributed by atoms with E-state index < -0.39 is 0 Å². The van der Waals surface area contributed by atoms with E-state index in [1.54, 1.807) is 0 Å². The predicted octanol–water partition coefficient (Wildman–Crippen LogP) is 3.18. The van der Waals surface area contributed by atoms with Crippen molar-refractivity contribution in [2.24, 2.45) is 0 Å². The first kappa shape index (κ1) is 8.38. The number of unbranched alkanes of at least 4 members (excludes halogenated alkanes) is 1. The van der Waals surface area contributed by atoms with E-state index in [0.29, 0.717) is 0 Å². The minimum absolute atomic E-state index is 1.08. The van der Waals surface area contributed by atoms with E-state index in [-0.39, 0.29) is 0 Å². The minimum atomic E-state index is 1.08. The van der Waals surface area contributed by atoms with Gasteiger partial charge in [-0.25, -0.2) is 0 Å². The number of furan rings is 1. The smallest absolute Gasteiger partial charge is 0.104 e. The first-order valence-electron chi connectivity index (χ1n) is 4.43. The molecule has 0 aliphatic heterocycles. The predicted molar refractivity (Wildman–Crippen MR) is 46.7 cm³/mol. The second-order valence-electron chi connectivity index (χ2n) is 2.88. The Morgan fingerprint density at radius 1 is 1.36 bits per heavy atom. The van der Waals surface area contributed by atoms with Gasteiger partial charge in [-0.1, -0.05) is 20.3 Å². The van der Waals surface area contributed by atoms with Crippen LogP contribution in [-0.4, -0.2) is 0 Å². The molecule has 62 valence electrons. The van der Waals surface area contributed by atoms with Crippen molar-refractivity contribution in [3.8, 4) is 0 Å². The van der Waals surface area contributed by atoms with Crippen molar-refractivity contribution in [1.29, 1.82) is 0 Å². The van der Waals surface area contributed by atoms with Crippen molar-refractivity contribution in [2.45, 2.75) is 39.5 Å². The van der Waals surface area contributed by atoms with Crippen molar-refractivity contribution in [3.05, 3.63) is 23.7 Å². The van der Waals surface area contributed by atoms with Gasteiger partial charge in [0.05, 0.1) is 6.26 Å². The molecule has 0 radical (unpaired) electrons. The molecule has 0 saturated carbocycles. The van der Waals surface area contributed by atoms with Crippen LogP contribution >= 0.6 is 0 Å². The average molecular weight is 152 g/mol. The Morgan fingerprint density at radius 2 is 2.18 bits per heavy atom. The molecular weight excluding hydrogens is 136 g/mol. The van der Waals surface area contributed by atoms with E-state index in [0.717, 1.165) is 18.6 Å². The molecule has 1 aromatic heterocycles. The van der Waals surface area contributed by atoms with E-state index in [1.807, 2.05) is 6.26 Å². The molecule has 1 nitrogen and oxygen atoms in total. The van der Waals surface area contributed by atoms with Crippen molar-refractivity contribution in [2.75, 3.05) is 0 Å². The zero-order chi connectivity index (χ0) is 8.10. The molecule has 0 N–H and O–H groups in total. The van der Waals surface area contributed by atoms with E-state index in [9.17, 15) is 0 Å². The maximum atomic E-state index is 5.36. The summed E-state index contributed by atoms with van der Waals surface area (Å²) < 4.78 is 5.36. The summed E-state index contributed by atoms with van der Waals surface area (Å²) in [5.41, 5.74) is 1.32. The summed E-state index contributed by atoms with van der Waals surface area (Å²) >= 11 is 0. The van der Waals surface area contributed by atoms with E-state index in [2.05, 4.69) is 19.9 Å². The van der Waals surface area contributed by atoms with Crippen molar-refractivity contribution >= 4 is 0 Å². The van der Waals surface area contributed by atoms with E-state index in [1.165, 1.54) is 18.4 Å². The third kappa shape index (κ3) is 2.41. The Balaban J connectivity index is 2.44. The monoisotopic (exact) mass is 152 g/mol. The lowest BCUT2D eigenvalue weighted by Gasteiger charge is -1.90. The molecule has 0 amide bonds. The van der Waals surface area contributed by atoms with Crippen LogP contribution in [0.1, 0.15) is 38.0 Å². The second-order valence-corrected chi connectivity index (χ2v) is 2.88. The summed E-state index contributed by atoms with van der Waals surface area (Å²) in [4.78, 5) is 0. The summed E-state index contributed by atoms with van der Waals surface area (Å²) in [7, 11) is 0. The van der Waals surface area contributed by atoms with Gasteiger partial charge in [0, 0.05) is 6.42 Å². The zero-order valence-corrected chi connectivity index (χ0v) is 7.39. The van der Waals surface area contributed by atoms with Gasteiger partial charge in [0.2, 0.25) is 0 Å². The first-order valence-corrected chi connectivity index (χ1v) is 4.43. The van der Waals surface area contributed by atoms with Crippen LogP contribution in [0.2, 0.25) is 0 Å². The highest BCUT2D eigenvalue weighted by molar-refractivity contribution is 5.12. The molecule has 1 aromatic rings. The van der Waals surface area contributed by atoms with Gasteiger partial charge >= 0.3 is 0 Å². The van der Waals surface area contributed by atoms with Crippen LogP contribution in [0, 0.1) is 0 Å². The Bertz CT molecular complexity index is 200. The molecule has 0 aliphatic rings. The maximum Gasteiger partial charge on any atom is 0.104 e. The lowest BCUT2D eigenvalue weighted by atomic mass is 10.2. The molecule has 0 atom stereocenters. The highest BCUT2D eigenvalue weighted by atomic mass is 16.3. The lowest BCUT2D eigenvalue weighted by molar-refractivity contribution is 0.499. The summed E-state index contributed by atoms with van der Waals surface area (Å²) in [6.45, 7) is 4.35. The summed E-state index contributed by atoms with van der Waals surface area (Å²) in [5, 5.41) is 0. The van der Waals surface area contributed by atoms with Crippen LogP contribution in [0.15, 0.2) is 16.7 Å². The molecule has 0 aliphatic carbocycles. The Morgan fingerprint density at radius 3 is 2.73 bits per heavy atom. The van der Waals surface area contributed by atoms with Gasteiger partial charge in [0.25, 0.3) is 0 Å². The fourth-order valence-corrected chi connectivity index (χ4v) is 1.09.